The molecule has 1 fully saturated rings. The second kappa shape index (κ2) is 16.9. The molecule has 4 unspecified atom stereocenters. The minimum absolute atomic E-state index is 0.176. The highest BCUT2D eigenvalue weighted by atomic mass is 16.5. The number of hydrogen-bond acceptors (Lipinski definition) is 6. The molecule has 3 N–H and O–H groups in total. The summed E-state index contributed by atoms with van der Waals surface area (Å²) in [6.07, 6.45) is 10.8. The van der Waals surface area contributed by atoms with Crippen molar-refractivity contribution in [3.05, 3.63) is 0 Å². The standard InChI is InChI=1S/C31H55NO8/c1-7-8-9-10-12-15-30(3,4)20-23(32-16-13-11-14-17-32)21-31(5,6)22(2)40-27(35)19-25(29(38)39)24(28(36)37)18-26(33)34/h22-25H,7-21H2,1-6H3,(H,33,34)(H,36,37)(H,38,39). The maximum absolute atomic E-state index is 12.8. The lowest BCUT2D eigenvalue weighted by Crippen LogP contribution is -2.46. The number of hydrogen-bond donors (Lipinski definition) is 3. The van der Waals surface area contributed by atoms with Crippen LogP contribution in [0.3, 0.4) is 0 Å². The summed E-state index contributed by atoms with van der Waals surface area (Å²) in [5.41, 5.74) is -0.240. The fourth-order valence-corrected chi connectivity index (χ4v) is 5.91. The van der Waals surface area contributed by atoms with Crippen LogP contribution in [0.1, 0.15) is 125 Å². The van der Waals surface area contributed by atoms with Crippen LogP contribution in [0.5, 0.6) is 0 Å². The third kappa shape index (κ3) is 13.0. The lowest BCUT2D eigenvalue weighted by atomic mass is 9.74. The number of piperidine rings is 1. The van der Waals surface area contributed by atoms with Gasteiger partial charge in [-0.3, -0.25) is 19.2 Å². The van der Waals surface area contributed by atoms with Crippen LogP contribution in [0.25, 0.3) is 0 Å². The van der Waals surface area contributed by atoms with Gasteiger partial charge in [0.1, 0.15) is 6.10 Å². The number of esters is 1. The van der Waals surface area contributed by atoms with E-state index >= 15 is 0 Å². The Kier molecular flexibility index (Phi) is 15.2. The minimum Gasteiger partial charge on any atom is -0.481 e. The van der Waals surface area contributed by atoms with Crippen molar-refractivity contribution in [3.63, 3.8) is 0 Å². The molecular weight excluding hydrogens is 514 g/mol. The molecule has 0 spiro atoms. The third-order valence-electron chi connectivity index (χ3n) is 8.72. The molecule has 232 valence electrons. The molecule has 0 aromatic heterocycles. The molecule has 1 saturated heterocycles. The molecule has 0 bridgehead atoms. The molecule has 40 heavy (non-hydrogen) atoms. The van der Waals surface area contributed by atoms with Crippen molar-refractivity contribution in [3.8, 4) is 0 Å². The van der Waals surface area contributed by atoms with Crippen LogP contribution in [0.4, 0.5) is 0 Å². The molecular formula is C31H55NO8. The molecule has 9 nitrogen and oxygen atoms in total. The van der Waals surface area contributed by atoms with Crippen molar-refractivity contribution in [1.29, 1.82) is 0 Å². The van der Waals surface area contributed by atoms with Gasteiger partial charge in [-0.1, -0.05) is 73.1 Å². The summed E-state index contributed by atoms with van der Waals surface area (Å²) in [4.78, 5) is 49.8. The Bertz CT molecular complexity index is 818. The summed E-state index contributed by atoms with van der Waals surface area (Å²) >= 11 is 0. The molecule has 0 radical (unpaired) electrons. The summed E-state index contributed by atoms with van der Waals surface area (Å²) in [5, 5.41) is 28.0. The van der Waals surface area contributed by atoms with Gasteiger partial charge in [-0.15, -0.1) is 0 Å². The van der Waals surface area contributed by atoms with Crippen LogP contribution in [-0.4, -0.2) is 69.3 Å². The SMILES string of the molecule is CCCCCCCC(C)(C)CC(CC(C)(C)C(C)OC(=O)CC(C(=O)O)C(CC(=O)O)C(=O)O)N1CCCCC1. The number of aliphatic carboxylic acids is 3. The monoisotopic (exact) mass is 569 g/mol. The van der Waals surface area contributed by atoms with E-state index in [9.17, 15) is 29.4 Å². The van der Waals surface area contributed by atoms with Gasteiger partial charge in [0, 0.05) is 11.5 Å². The second-order valence-corrected chi connectivity index (χ2v) is 13.3. The first-order valence-corrected chi connectivity index (χ1v) is 15.2. The summed E-state index contributed by atoms with van der Waals surface area (Å²) < 4.78 is 5.69. The number of carboxylic acids is 3. The zero-order valence-corrected chi connectivity index (χ0v) is 25.7. The van der Waals surface area contributed by atoms with Crippen LogP contribution in [0.2, 0.25) is 0 Å². The molecule has 1 rings (SSSR count). The predicted octanol–water partition coefficient (Wildman–Crippen LogP) is 6.23. The minimum atomic E-state index is -1.72. The Balaban J connectivity index is 2.93. The molecule has 1 aliphatic rings. The summed E-state index contributed by atoms with van der Waals surface area (Å²) in [6, 6.07) is 0.320. The Labute approximate surface area is 241 Å². The lowest BCUT2D eigenvalue weighted by molar-refractivity contribution is -0.165. The Hall–Kier alpha value is -2.16. The smallest absolute Gasteiger partial charge is 0.307 e. The van der Waals surface area contributed by atoms with Crippen molar-refractivity contribution in [2.45, 2.75) is 137 Å². The van der Waals surface area contributed by atoms with Crippen molar-refractivity contribution in [1.82, 2.24) is 4.90 Å². The number of carbonyl (C=O) groups is 4. The van der Waals surface area contributed by atoms with E-state index < -0.39 is 60.1 Å². The molecule has 0 saturated carbocycles. The van der Waals surface area contributed by atoms with Gasteiger partial charge in [0.15, 0.2) is 0 Å². The number of nitrogens with zero attached hydrogens (tertiary/aromatic N) is 1. The van der Waals surface area contributed by atoms with Crippen LogP contribution in [-0.2, 0) is 23.9 Å². The van der Waals surface area contributed by atoms with Gasteiger partial charge in [-0.25, -0.2) is 0 Å². The van der Waals surface area contributed by atoms with Gasteiger partial charge in [-0.2, -0.15) is 0 Å². The molecule has 0 aromatic carbocycles. The molecule has 0 aliphatic carbocycles. The molecule has 0 amide bonds. The Morgan fingerprint density at radius 2 is 1.35 bits per heavy atom. The van der Waals surface area contributed by atoms with Crippen molar-refractivity contribution in [2.75, 3.05) is 13.1 Å². The van der Waals surface area contributed by atoms with Crippen LogP contribution >= 0.6 is 0 Å². The molecule has 1 aliphatic heterocycles. The van der Waals surface area contributed by atoms with Gasteiger partial charge in [0.05, 0.1) is 24.7 Å². The predicted molar refractivity (Wildman–Crippen MR) is 154 cm³/mol. The normalized spacial score (nSPS) is 17.9. The van der Waals surface area contributed by atoms with Crippen molar-refractivity contribution < 1.29 is 39.2 Å². The first-order chi connectivity index (χ1) is 18.6. The number of unbranched alkanes of at least 4 members (excludes halogenated alkanes) is 4. The largest absolute Gasteiger partial charge is 0.481 e. The maximum atomic E-state index is 12.8. The highest BCUT2D eigenvalue weighted by Crippen LogP contribution is 2.39. The van der Waals surface area contributed by atoms with E-state index in [1.165, 1.54) is 57.8 Å². The average Bonchev–Trinajstić information content (AvgIpc) is 2.85. The van der Waals surface area contributed by atoms with E-state index in [4.69, 9.17) is 9.84 Å². The maximum Gasteiger partial charge on any atom is 0.307 e. The van der Waals surface area contributed by atoms with Crippen molar-refractivity contribution in [2.24, 2.45) is 22.7 Å². The topological polar surface area (TPSA) is 141 Å². The molecule has 9 heteroatoms. The zero-order chi connectivity index (χ0) is 30.5. The molecule has 4 atom stereocenters. The first kappa shape index (κ1) is 35.9. The van der Waals surface area contributed by atoms with E-state index in [1.807, 2.05) is 0 Å². The third-order valence-corrected chi connectivity index (χ3v) is 8.72. The number of rotatable bonds is 20. The Morgan fingerprint density at radius 3 is 1.88 bits per heavy atom. The summed E-state index contributed by atoms with van der Waals surface area (Å²) in [6.45, 7) is 14.9. The van der Waals surface area contributed by atoms with Crippen LogP contribution < -0.4 is 0 Å². The van der Waals surface area contributed by atoms with Gasteiger partial charge >= 0.3 is 23.9 Å². The van der Waals surface area contributed by atoms with Crippen LogP contribution in [0, 0.1) is 22.7 Å². The number of likely N-dealkylation sites (tertiary alicyclic amines) is 1. The highest BCUT2D eigenvalue weighted by Gasteiger charge is 2.40. The van der Waals surface area contributed by atoms with Gasteiger partial charge in [0.25, 0.3) is 0 Å². The quantitative estimate of drug-likeness (QED) is 0.115. The number of carbonyl (C=O) groups excluding carboxylic acids is 1. The Morgan fingerprint density at radius 1 is 0.800 bits per heavy atom. The van der Waals surface area contributed by atoms with E-state index in [2.05, 4.69) is 39.5 Å². The lowest BCUT2D eigenvalue weighted by Gasteiger charge is -2.44. The fourth-order valence-electron chi connectivity index (χ4n) is 5.91. The van der Waals surface area contributed by atoms with E-state index in [1.54, 1.807) is 6.92 Å². The molecule has 0 aromatic rings. The average molecular weight is 570 g/mol. The highest BCUT2D eigenvalue weighted by molar-refractivity contribution is 5.86. The van der Waals surface area contributed by atoms with Crippen LogP contribution in [0.15, 0.2) is 0 Å². The number of carboxylic acid groups (broad SMARTS) is 3. The summed E-state index contributed by atoms with van der Waals surface area (Å²) in [7, 11) is 0. The first-order valence-electron chi connectivity index (χ1n) is 15.2. The number of ether oxygens (including phenoxy) is 1. The van der Waals surface area contributed by atoms with E-state index in [0.29, 0.717) is 6.04 Å². The fraction of sp³-hybridized carbons (Fsp3) is 0.871. The van der Waals surface area contributed by atoms with Crippen molar-refractivity contribution >= 4 is 23.9 Å². The zero-order valence-electron chi connectivity index (χ0n) is 25.7. The van der Waals surface area contributed by atoms with Gasteiger partial charge < -0.3 is 25.0 Å². The summed E-state index contributed by atoms with van der Waals surface area (Å²) in [5.74, 6) is -8.76. The van der Waals surface area contributed by atoms with Gasteiger partial charge in [0.2, 0.25) is 0 Å². The second-order valence-electron chi connectivity index (χ2n) is 13.3. The van der Waals surface area contributed by atoms with E-state index in [0.717, 1.165) is 25.9 Å². The van der Waals surface area contributed by atoms with Gasteiger partial charge in [-0.05, 0) is 57.5 Å². The van der Waals surface area contributed by atoms with E-state index in [-0.39, 0.29) is 5.41 Å². The molecule has 1 heterocycles.